The molecule has 9 nitrogen and oxygen atoms in total. The van der Waals surface area contributed by atoms with Crippen molar-refractivity contribution in [1.29, 1.82) is 0 Å². The van der Waals surface area contributed by atoms with Crippen LogP contribution in [0.25, 0.3) is 22.6 Å². The Kier molecular flexibility index (Phi) is 6.82. The molecule has 1 fully saturated rings. The average molecular weight is 545 g/mol. The summed E-state index contributed by atoms with van der Waals surface area (Å²) in [5.74, 6) is 0.486. The highest BCUT2D eigenvalue weighted by atomic mass is 32.2. The number of fused-ring (bicyclic) bond motifs is 2. The number of hydrogen-bond donors (Lipinski definition) is 3. The highest BCUT2D eigenvalue weighted by Gasteiger charge is 2.27. The molecule has 3 aromatic carbocycles. The third-order valence-electron chi connectivity index (χ3n) is 6.80. The quantitative estimate of drug-likeness (QED) is 0.287. The van der Waals surface area contributed by atoms with Gasteiger partial charge in [0.05, 0.1) is 23.7 Å². The van der Waals surface area contributed by atoms with Crippen molar-refractivity contribution in [2.75, 3.05) is 49.5 Å². The molecular weight excluding hydrogens is 516 g/mol. The number of sulfonamides is 1. The van der Waals surface area contributed by atoms with Crippen LogP contribution in [-0.2, 0) is 19.6 Å². The van der Waals surface area contributed by atoms with Gasteiger partial charge < -0.3 is 19.8 Å². The summed E-state index contributed by atoms with van der Waals surface area (Å²) >= 11 is 0. The number of hydrogen-bond acceptors (Lipinski definition) is 6. The van der Waals surface area contributed by atoms with Gasteiger partial charge >= 0.3 is 0 Å². The second-order valence-electron chi connectivity index (χ2n) is 9.47. The van der Waals surface area contributed by atoms with Crippen LogP contribution in [0, 0.1) is 0 Å². The van der Waals surface area contributed by atoms with E-state index in [2.05, 4.69) is 19.9 Å². The van der Waals surface area contributed by atoms with Gasteiger partial charge in [-0.05, 0) is 60.7 Å². The Morgan fingerprint density at radius 3 is 2.64 bits per heavy atom. The predicted octanol–water partition coefficient (Wildman–Crippen LogP) is 4.17. The maximum atomic E-state index is 13.0. The molecule has 4 aromatic rings. The number of H-pyrrole nitrogens is 1. The van der Waals surface area contributed by atoms with E-state index in [-0.39, 0.29) is 10.8 Å². The summed E-state index contributed by atoms with van der Waals surface area (Å²) in [7, 11) is -3.84. The molecule has 6 rings (SSSR count). The molecule has 1 amide bonds. The van der Waals surface area contributed by atoms with Gasteiger partial charge in [0.15, 0.2) is 0 Å². The molecule has 0 bridgehead atoms. The van der Waals surface area contributed by atoms with E-state index in [0.29, 0.717) is 29.1 Å². The second-order valence-corrected chi connectivity index (χ2v) is 11.1. The Labute approximate surface area is 226 Å². The highest BCUT2D eigenvalue weighted by Crippen LogP contribution is 2.35. The van der Waals surface area contributed by atoms with Gasteiger partial charge in [0.2, 0.25) is 0 Å². The van der Waals surface area contributed by atoms with Crippen molar-refractivity contribution < 1.29 is 22.7 Å². The van der Waals surface area contributed by atoms with E-state index in [1.165, 1.54) is 12.1 Å². The highest BCUT2D eigenvalue weighted by molar-refractivity contribution is 7.92. The Morgan fingerprint density at radius 1 is 1.00 bits per heavy atom. The van der Waals surface area contributed by atoms with Gasteiger partial charge in [-0.2, -0.15) is 0 Å². The van der Waals surface area contributed by atoms with Crippen molar-refractivity contribution in [3.05, 3.63) is 84.1 Å². The summed E-state index contributed by atoms with van der Waals surface area (Å²) in [5, 5.41) is 3.77. The Morgan fingerprint density at radius 2 is 1.82 bits per heavy atom. The van der Waals surface area contributed by atoms with Crippen molar-refractivity contribution >= 4 is 49.9 Å². The van der Waals surface area contributed by atoms with Crippen LogP contribution in [0.3, 0.4) is 0 Å². The van der Waals surface area contributed by atoms with Crippen molar-refractivity contribution in [3.63, 3.8) is 0 Å². The van der Waals surface area contributed by atoms with Gasteiger partial charge in [-0.3, -0.25) is 14.4 Å². The Hall–Kier alpha value is -4.12. The fourth-order valence-electron chi connectivity index (χ4n) is 4.77. The van der Waals surface area contributed by atoms with E-state index in [9.17, 15) is 13.2 Å². The van der Waals surface area contributed by atoms with E-state index >= 15 is 0 Å². The molecule has 0 unspecified atom stereocenters. The number of nitrogens with one attached hydrogen (secondary N) is 3. The van der Waals surface area contributed by atoms with Gasteiger partial charge in [-0.25, -0.2) is 8.42 Å². The monoisotopic (exact) mass is 544 g/mol. The first-order chi connectivity index (χ1) is 18.9. The zero-order valence-corrected chi connectivity index (χ0v) is 22.0. The molecule has 200 valence electrons. The zero-order chi connectivity index (χ0) is 26.8. The van der Waals surface area contributed by atoms with Crippen LogP contribution in [0.1, 0.15) is 11.3 Å². The minimum atomic E-state index is -3.84. The lowest BCUT2D eigenvalue weighted by molar-refractivity contribution is -0.110. The van der Waals surface area contributed by atoms with Gasteiger partial charge in [0.25, 0.3) is 15.9 Å². The lowest BCUT2D eigenvalue weighted by Gasteiger charge is -2.26. The molecule has 10 heteroatoms. The van der Waals surface area contributed by atoms with Gasteiger partial charge in [0, 0.05) is 53.2 Å². The van der Waals surface area contributed by atoms with Crippen LogP contribution in [0.4, 0.5) is 11.4 Å². The standard InChI is InChI=1S/C29H28N4O5S/c34-29-26(25-19-24(7-9-28(25)31-29)39(35,36)32-21-4-2-1-3-5-21)18-22-16-20-17-23(6-8-27(20)30-22)38-15-12-33-10-13-37-14-11-33/h1-9,16-19,30,32H,10-15H2,(H,31,34). The fourth-order valence-corrected chi connectivity index (χ4v) is 5.86. The molecule has 39 heavy (non-hydrogen) atoms. The second kappa shape index (κ2) is 10.6. The molecule has 2 aliphatic heterocycles. The molecule has 0 atom stereocenters. The summed E-state index contributed by atoms with van der Waals surface area (Å²) in [6, 6.07) is 21.1. The summed E-state index contributed by atoms with van der Waals surface area (Å²) < 4.78 is 39.9. The molecule has 0 radical (unpaired) electrons. The molecule has 0 saturated carbocycles. The number of morpholine rings is 1. The molecular formula is C29H28N4O5S. The number of nitrogens with zero attached hydrogens (tertiary/aromatic N) is 1. The maximum absolute atomic E-state index is 13.0. The first kappa shape index (κ1) is 25.2. The summed E-state index contributed by atoms with van der Waals surface area (Å²) in [6.07, 6.45) is 1.74. The van der Waals surface area contributed by atoms with Crippen molar-refractivity contribution in [1.82, 2.24) is 9.88 Å². The summed E-state index contributed by atoms with van der Waals surface area (Å²) in [6.45, 7) is 4.81. The minimum Gasteiger partial charge on any atom is -0.492 e. The number of benzene rings is 3. The molecule has 2 aliphatic rings. The van der Waals surface area contributed by atoms with E-state index in [4.69, 9.17) is 9.47 Å². The van der Waals surface area contributed by atoms with Crippen molar-refractivity contribution in [2.45, 2.75) is 4.90 Å². The van der Waals surface area contributed by atoms with Crippen LogP contribution >= 0.6 is 0 Å². The molecule has 1 aromatic heterocycles. The van der Waals surface area contributed by atoms with Gasteiger partial charge in [0.1, 0.15) is 12.4 Å². The number of anilines is 2. The van der Waals surface area contributed by atoms with Gasteiger partial charge in [-0.15, -0.1) is 0 Å². The van der Waals surface area contributed by atoms with E-state index in [1.807, 2.05) is 30.3 Å². The number of aromatic amines is 1. The number of ether oxygens (including phenoxy) is 2. The minimum absolute atomic E-state index is 0.0722. The average Bonchev–Trinajstić information content (AvgIpc) is 3.48. The zero-order valence-electron chi connectivity index (χ0n) is 21.1. The van der Waals surface area contributed by atoms with E-state index in [1.54, 1.807) is 36.4 Å². The van der Waals surface area contributed by atoms with Crippen molar-refractivity contribution in [2.24, 2.45) is 0 Å². The largest absolute Gasteiger partial charge is 0.492 e. The number of carbonyl (C=O) groups excluding carboxylic acids is 1. The molecule has 1 saturated heterocycles. The molecule has 3 heterocycles. The Balaban J connectivity index is 1.22. The first-order valence-corrected chi connectivity index (χ1v) is 14.2. The number of rotatable bonds is 8. The first-order valence-electron chi connectivity index (χ1n) is 12.8. The van der Waals surface area contributed by atoms with E-state index < -0.39 is 10.0 Å². The van der Waals surface area contributed by atoms with Crippen LogP contribution in [-0.4, -0.2) is 63.7 Å². The third kappa shape index (κ3) is 5.53. The van der Waals surface area contributed by atoms with Crippen molar-refractivity contribution in [3.8, 4) is 5.75 Å². The number of aromatic nitrogens is 1. The molecule has 0 spiro atoms. The third-order valence-corrected chi connectivity index (χ3v) is 8.18. The van der Waals surface area contributed by atoms with Gasteiger partial charge in [-0.1, -0.05) is 18.2 Å². The lowest BCUT2D eigenvalue weighted by atomic mass is 10.1. The number of amides is 1. The van der Waals surface area contributed by atoms with E-state index in [0.717, 1.165) is 55.2 Å². The summed E-state index contributed by atoms with van der Waals surface area (Å²) in [4.78, 5) is 18.5. The lowest BCUT2D eigenvalue weighted by Crippen LogP contribution is -2.38. The van der Waals surface area contributed by atoms with Crippen LogP contribution in [0.15, 0.2) is 77.7 Å². The molecule has 0 aliphatic carbocycles. The summed E-state index contributed by atoms with van der Waals surface area (Å²) in [5.41, 5.74) is 3.58. The Bertz CT molecular complexity index is 1660. The van der Waals surface area contributed by atoms with Crippen LogP contribution < -0.4 is 14.8 Å². The number of carbonyl (C=O) groups is 1. The van der Waals surface area contributed by atoms with Crippen LogP contribution in [0.5, 0.6) is 5.75 Å². The maximum Gasteiger partial charge on any atom is 0.261 e. The smallest absolute Gasteiger partial charge is 0.261 e. The normalized spacial score (nSPS) is 16.8. The molecule has 3 N–H and O–H groups in total. The van der Waals surface area contributed by atoms with Crippen LogP contribution in [0.2, 0.25) is 0 Å². The SMILES string of the molecule is O=C1Nc2ccc(S(=O)(=O)Nc3ccccc3)cc2C1=Cc1cc2cc(OCCN3CCOCC3)ccc2[nH]1. The topological polar surface area (TPSA) is 113 Å². The number of para-hydroxylation sites is 1. The fraction of sp³-hybridized carbons (Fsp3) is 0.207. The predicted molar refractivity (Wildman–Crippen MR) is 151 cm³/mol.